The minimum atomic E-state index is 0.882. The molecule has 1 fully saturated rings. The number of morpholine rings is 1. The fraction of sp³-hybridized carbons (Fsp3) is 0.500. The Morgan fingerprint density at radius 2 is 2.04 bits per heavy atom. The molecule has 0 saturated carbocycles. The van der Waals surface area contributed by atoms with Crippen LogP contribution in [0, 0.1) is 0 Å². The van der Waals surface area contributed by atoms with Gasteiger partial charge in [0.05, 0.1) is 24.4 Å². The fourth-order valence-corrected chi connectivity index (χ4v) is 4.42. The molecule has 1 aromatic carbocycles. The molecule has 3 heterocycles. The van der Waals surface area contributed by atoms with Gasteiger partial charge in [0.15, 0.2) is 0 Å². The molecule has 0 radical (unpaired) electrons. The highest BCUT2D eigenvalue weighted by molar-refractivity contribution is 7.98. The lowest BCUT2D eigenvalue weighted by molar-refractivity contribution is 0.0378. The molecule has 0 aliphatic carbocycles. The highest BCUT2D eigenvalue weighted by Crippen LogP contribution is 2.37. The molecular formula is C18H23N3OS. The zero-order valence-electron chi connectivity index (χ0n) is 13.4. The van der Waals surface area contributed by atoms with Crippen molar-refractivity contribution in [2.45, 2.75) is 17.9 Å². The summed E-state index contributed by atoms with van der Waals surface area (Å²) in [7, 11) is 0. The molecule has 5 heteroatoms. The number of hydrogen-bond acceptors (Lipinski definition) is 5. The van der Waals surface area contributed by atoms with Gasteiger partial charge < -0.3 is 10.1 Å². The third kappa shape index (κ3) is 3.32. The summed E-state index contributed by atoms with van der Waals surface area (Å²) in [5.74, 6) is 2.13. The quantitative estimate of drug-likeness (QED) is 0.853. The molecule has 0 spiro atoms. The van der Waals surface area contributed by atoms with Crippen molar-refractivity contribution >= 4 is 28.4 Å². The topological polar surface area (TPSA) is 37.4 Å². The summed E-state index contributed by atoms with van der Waals surface area (Å²) in [6.45, 7) is 6.08. The molecule has 2 aliphatic rings. The van der Waals surface area contributed by atoms with Crippen molar-refractivity contribution in [2.75, 3.05) is 44.7 Å². The number of anilines is 1. The number of ether oxygens (including phenoxy) is 1. The Morgan fingerprint density at radius 3 is 2.96 bits per heavy atom. The van der Waals surface area contributed by atoms with Gasteiger partial charge in [-0.2, -0.15) is 11.8 Å². The van der Waals surface area contributed by atoms with E-state index in [-0.39, 0.29) is 0 Å². The molecule has 1 N–H and O–H groups in total. The zero-order valence-corrected chi connectivity index (χ0v) is 14.2. The lowest BCUT2D eigenvalue weighted by atomic mass is 10.1. The molecule has 2 aromatic rings. The van der Waals surface area contributed by atoms with Crippen LogP contribution in [0.4, 0.5) is 5.69 Å². The first kappa shape index (κ1) is 15.2. The molecule has 2 aliphatic heterocycles. The highest BCUT2D eigenvalue weighted by atomic mass is 32.2. The first-order valence-corrected chi connectivity index (χ1v) is 9.59. The summed E-state index contributed by atoms with van der Waals surface area (Å²) in [4.78, 5) is 7.33. The number of nitrogens with zero attached hydrogens (tertiary/aromatic N) is 2. The predicted octanol–water partition coefficient (Wildman–Crippen LogP) is 3.12. The summed E-state index contributed by atoms with van der Waals surface area (Å²) in [5.41, 5.74) is 5.12. The van der Waals surface area contributed by atoms with Gasteiger partial charge in [0.1, 0.15) is 0 Å². The normalized spacial score (nSPS) is 18.3. The van der Waals surface area contributed by atoms with Crippen LogP contribution in [0.2, 0.25) is 0 Å². The number of fused-ring (bicyclic) bond motifs is 2. The van der Waals surface area contributed by atoms with Gasteiger partial charge in [-0.25, -0.2) is 0 Å². The lowest BCUT2D eigenvalue weighted by Gasteiger charge is -2.26. The van der Waals surface area contributed by atoms with E-state index in [1.54, 1.807) is 0 Å². The second kappa shape index (κ2) is 7.07. The molecule has 1 saturated heterocycles. The maximum atomic E-state index is 5.41. The monoisotopic (exact) mass is 329 g/mol. The fourth-order valence-electron chi connectivity index (χ4n) is 3.37. The lowest BCUT2D eigenvalue weighted by Crippen LogP contribution is -2.37. The number of rotatable bonds is 5. The number of hydrogen-bond donors (Lipinski definition) is 1. The highest BCUT2D eigenvalue weighted by Gasteiger charge is 2.19. The van der Waals surface area contributed by atoms with Gasteiger partial charge in [-0.05, 0) is 19.0 Å². The van der Waals surface area contributed by atoms with Crippen molar-refractivity contribution in [3.8, 4) is 0 Å². The van der Waals surface area contributed by atoms with Crippen molar-refractivity contribution in [1.29, 1.82) is 0 Å². The van der Waals surface area contributed by atoms with E-state index in [1.165, 1.54) is 28.8 Å². The van der Waals surface area contributed by atoms with E-state index in [0.717, 1.165) is 56.4 Å². The largest absolute Gasteiger partial charge is 0.384 e. The maximum Gasteiger partial charge on any atom is 0.0726 e. The first-order valence-electron chi connectivity index (χ1n) is 8.44. The SMILES string of the molecule is c1ccc2c(NCCCN3CCOCC3)c3c(nc2c1)CSC3. The average Bonchev–Trinajstić information content (AvgIpc) is 3.07. The average molecular weight is 329 g/mol. The smallest absolute Gasteiger partial charge is 0.0726 e. The van der Waals surface area contributed by atoms with E-state index in [1.807, 2.05) is 11.8 Å². The van der Waals surface area contributed by atoms with Crippen LogP contribution < -0.4 is 5.32 Å². The van der Waals surface area contributed by atoms with E-state index in [4.69, 9.17) is 9.72 Å². The molecule has 0 atom stereocenters. The van der Waals surface area contributed by atoms with E-state index in [9.17, 15) is 0 Å². The summed E-state index contributed by atoms with van der Waals surface area (Å²) in [6, 6.07) is 8.50. The first-order chi connectivity index (χ1) is 11.4. The molecule has 0 unspecified atom stereocenters. The molecule has 0 bridgehead atoms. The molecule has 1 aromatic heterocycles. The molecule has 0 amide bonds. The minimum absolute atomic E-state index is 0.882. The summed E-state index contributed by atoms with van der Waals surface area (Å²) >= 11 is 1.96. The van der Waals surface area contributed by atoms with E-state index < -0.39 is 0 Å². The zero-order chi connectivity index (χ0) is 15.5. The Kier molecular flexibility index (Phi) is 4.69. The van der Waals surface area contributed by atoms with Crippen molar-refractivity contribution < 1.29 is 4.74 Å². The van der Waals surface area contributed by atoms with Crippen molar-refractivity contribution in [2.24, 2.45) is 0 Å². The van der Waals surface area contributed by atoms with Crippen LogP contribution in [-0.2, 0) is 16.2 Å². The number of pyridine rings is 1. The second-order valence-electron chi connectivity index (χ2n) is 6.16. The third-order valence-corrected chi connectivity index (χ3v) is 5.59. The van der Waals surface area contributed by atoms with Gasteiger partial charge in [0, 0.05) is 47.8 Å². The number of thioether (sulfide) groups is 1. The van der Waals surface area contributed by atoms with Crippen LogP contribution in [0.15, 0.2) is 24.3 Å². The standard InChI is InChI=1S/C18H23N3OS/c1-2-5-16-14(4-1)18(15-12-23-13-17(15)20-16)19-6-3-7-21-8-10-22-11-9-21/h1-2,4-5H,3,6-13H2,(H,19,20). The third-order valence-electron chi connectivity index (χ3n) is 4.62. The van der Waals surface area contributed by atoms with E-state index in [0.29, 0.717) is 0 Å². The van der Waals surface area contributed by atoms with Gasteiger partial charge in [-0.3, -0.25) is 9.88 Å². The van der Waals surface area contributed by atoms with Crippen molar-refractivity contribution in [3.63, 3.8) is 0 Å². The summed E-state index contributed by atoms with van der Waals surface area (Å²) in [6.07, 6.45) is 1.17. The van der Waals surface area contributed by atoms with E-state index >= 15 is 0 Å². The molecule has 23 heavy (non-hydrogen) atoms. The Labute approximate surface area is 141 Å². The Bertz CT molecular complexity index is 685. The Morgan fingerprint density at radius 1 is 1.17 bits per heavy atom. The number of para-hydroxylation sites is 1. The molecule has 4 nitrogen and oxygen atoms in total. The van der Waals surface area contributed by atoms with Crippen LogP contribution in [0.25, 0.3) is 10.9 Å². The van der Waals surface area contributed by atoms with Gasteiger partial charge in [0.2, 0.25) is 0 Å². The minimum Gasteiger partial charge on any atom is -0.384 e. The summed E-state index contributed by atoms with van der Waals surface area (Å²) in [5, 5.41) is 4.98. The summed E-state index contributed by atoms with van der Waals surface area (Å²) < 4.78 is 5.41. The molecular weight excluding hydrogens is 306 g/mol. The molecule has 4 rings (SSSR count). The number of nitrogens with one attached hydrogen (secondary N) is 1. The predicted molar refractivity (Wildman–Crippen MR) is 97.1 cm³/mol. The van der Waals surface area contributed by atoms with Crippen molar-refractivity contribution in [1.82, 2.24) is 9.88 Å². The maximum absolute atomic E-state index is 5.41. The second-order valence-corrected chi connectivity index (χ2v) is 7.14. The number of benzene rings is 1. The van der Waals surface area contributed by atoms with Gasteiger partial charge in [0.25, 0.3) is 0 Å². The Hall–Kier alpha value is -1.30. The van der Waals surface area contributed by atoms with Crippen LogP contribution in [0.1, 0.15) is 17.7 Å². The van der Waals surface area contributed by atoms with Crippen LogP contribution in [-0.4, -0.2) is 49.3 Å². The van der Waals surface area contributed by atoms with Gasteiger partial charge >= 0.3 is 0 Å². The van der Waals surface area contributed by atoms with Crippen LogP contribution >= 0.6 is 11.8 Å². The van der Waals surface area contributed by atoms with Crippen molar-refractivity contribution in [3.05, 3.63) is 35.5 Å². The van der Waals surface area contributed by atoms with Gasteiger partial charge in [-0.15, -0.1) is 0 Å². The van der Waals surface area contributed by atoms with Gasteiger partial charge in [-0.1, -0.05) is 18.2 Å². The molecule has 122 valence electrons. The Balaban J connectivity index is 1.45. The number of aromatic nitrogens is 1. The van der Waals surface area contributed by atoms with Crippen LogP contribution in [0.3, 0.4) is 0 Å². The van der Waals surface area contributed by atoms with Crippen LogP contribution in [0.5, 0.6) is 0 Å². The van der Waals surface area contributed by atoms with E-state index in [2.05, 4.69) is 34.5 Å².